The number of phenolic OH excluding ortho intramolecular Hbond substituents is 1. The highest BCUT2D eigenvalue weighted by Crippen LogP contribution is 2.30. The van der Waals surface area contributed by atoms with Crippen LogP contribution in [0.25, 0.3) is 0 Å². The van der Waals surface area contributed by atoms with Gasteiger partial charge in [0.25, 0.3) is 0 Å². The third-order valence-electron chi connectivity index (χ3n) is 5.31. The minimum absolute atomic E-state index is 0.0235. The number of halogens is 3. The number of carboxylic acids is 1. The Labute approximate surface area is 188 Å². The summed E-state index contributed by atoms with van der Waals surface area (Å²) in [5.41, 5.74) is -0.872. The number of carbonyl (C=O) groups is 1. The largest absolute Gasteiger partial charge is 0.508 e. The number of benzene rings is 1. The van der Waals surface area contributed by atoms with Crippen molar-refractivity contribution >= 4 is 21.6 Å². The van der Waals surface area contributed by atoms with Crippen LogP contribution in [-0.2, 0) is 27.2 Å². The lowest BCUT2D eigenvalue weighted by atomic mass is 10.1. The first kappa shape index (κ1) is 24.5. The number of anilines is 1. The molecule has 1 aliphatic rings. The Morgan fingerprint density at radius 2 is 1.85 bits per heavy atom. The van der Waals surface area contributed by atoms with Crippen molar-refractivity contribution < 1.29 is 36.6 Å². The average molecular weight is 485 g/mol. The van der Waals surface area contributed by atoms with Gasteiger partial charge in [-0.3, -0.25) is 9.69 Å². The molecule has 0 bridgehead atoms. The molecule has 1 atom stereocenters. The quantitative estimate of drug-likeness (QED) is 0.576. The molecule has 2 aromatic rings. The van der Waals surface area contributed by atoms with E-state index in [-0.39, 0.29) is 29.3 Å². The molecule has 1 aromatic carbocycles. The fourth-order valence-electron chi connectivity index (χ4n) is 3.60. The number of pyridine rings is 1. The van der Waals surface area contributed by atoms with Gasteiger partial charge in [0.15, 0.2) is 9.84 Å². The number of rotatable bonds is 7. The van der Waals surface area contributed by atoms with Crippen molar-refractivity contribution in [1.82, 2.24) is 9.88 Å². The number of alkyl halides is 3. The number of sulfone groups is 1. The Morgan fingerprint density at radius 1 is 1.18 bits per heavy atom. The summed E-state index contributed by atoms with van der Waals surface area (Å²) in [6.45, 7) is 4.85. The molecule has 8 nitrogen and oxygen atoms in total. The molecule has 0 saturated carbocycles. The van der Waals surface area contributed by atoms with Gasteiger partial charge in [-0.25, -0.2) is 13.4 Å². The molecule has 0 spiro atoms. The van der Waals surface area contributed by atoms with E-state index in [1.54, 1.807) is 9.80 Å². The standard InChI is InChI=1S/C21H22F3N3O5S/c1-2-19(33(31,32)16-4-5-17(28)14(11-16)12-20(29)30)27-9-7-26(8-10-27)18-6-3-15(13-25-18)21(22,23)24/h2-6,11,13,19,28H,1,7-10,12H2,(H,29,30). The Bertz CT molecular complexity index is 1130. The number of aromatic nitrogens is 1. The van der Waals surface area contributed by atoms with Crippen molar-refractivity contribution in [3.05, 3.63) is 60.3 Å². The molecule has 2 heterocycles. The van der Waals surface area contributed by atoms with Gasteiger partial charge in [-0.2, -0.15) is 13.2 Å². The highest BCUT2D eigenvalue weighted by atomic mass is 32.2. The zero-order valence-electron chi connectivity index (χ0n) is 17.4. The monoisotopic (exact) mass is 485 g/mol. The molecule has 0 amide bonds. The fourth-order valence-corrected chi connectivity index (χ4v) is 5.30. The van der Waals surface area contributed by atoms with Crippen LogP contribution in [0.3, 0.4) is 0 Å². The van der Waals surface area contributed by atoms with E-state index in [2.05, 4.69) is 11.6 Å². The second-order valence-corrected chi connectivity index (χ2v) is 9.50. The number of hydrogen-bond donors (Lipinski definition) is 2. The van der Waals surface area contributed by atoms with Gasteiger partial charge in [-0.05, 0) is 30.3 Å². The lowest BCUT2D eigenvalue weighted by molar-refractivity contribution is -0.138. The Balaban J connectivity index is 1.74. The summed E-state index contributed by atoms with van der Waals surface area (Å²) in [5.74, 6) is -1.17. The van der Waals surface area contributed by atoms with Crippen molar-refractivity contribution in [2.24, 2.45) is 0 Å². The predicted octanol–water partition coefficient (Wildman–Crippen LogP) is 2.54. The molecule has 0 radical (unpaired) electrons. The van der Waals surface area contributed by atoms with Gasteiger partial charge in [-0.15, -0.1) is 6.58 Å². The molecule has 178 valence electrons. The number of phenols is 1. The van der Waals surface area contributed by atoms with Crippen molar-refractivity contribution in [2.75, 3.05) is 31.1 Å². The van der Waals surface area contributed by atoms with E-state index in [4.69, 9.17) is 5.11 Å². The molecule has 3 rings (SSSR count). The number of nitrogens with zero attached hydrogens (tertiary/aromatic N) is 3. The minimum atomic E-state index is -4.48. The molecule has 1 fully saturated rings. The van der Waals surface area contributed by atoms with Crippen molar-refractivity contribution in [2.45, 2.75) is 22.9 Å². The lowest BCUT2D eigenvalue weighted by Crippen LogP contribution is -2.52. The first-order valence-electron chi connectivity index (χ1n) is 9.86. The summed E-state index contributed by atoms with van der Waals surface area (Å²) in [6, 6.07) is 5.71. The molecule has 1 aromatic heterocycles. The van der Waals surface area contributed by atoms with Crippen molar-refractivity contribution in [1.29, 1.82) is 0 Å². The molecule has 12 heteroatoms. The molecule has 1 aliphatic heterocycles. The van der Waals surface area contributed by atoms with Crippen LogP contribution in [0.5, 0.6) is 5.75 Å². The Kier molecular flexibility index (Phi) is 6.98. The second-order valence-electron chi connectivity index (χ2n) is 7.46. The Morgan fingerprint density at radius 3 is 2.36 bits per heavy atom. The van der Waals surface area contributed by atoms with E-state index >= 15 is 0 Å². The van der Waals surface area contributed by atoms with Gasteiger partial charge in [0, 0.05) is 37.9 Å². The van der Waals surface area contributed by atoms with Gasteiger partial charge in [0.05, 0.1) is 16.9 Å². The highest BCUT2D eigenvalue weighted by molar-refractivity contribution is 7.92. The topological polar surface area (TPSA) is 111 Å². The van der Waals surface area contributed by atoms with Gasteiger partial charge >= 0.3 is 12.1 Å². The summed E-state index contributed by atoms with van der Waals surface area (Å²) in [5, 5.41) is 17.7. The number of aliphatic carboxylic acids is 1. The van der Waals surface area contributed by atoms with E-state index in [1.807, 2.05) is 0 Å². The Hall–Kier alpha value is -3.12. The maximum absolute atomic E-state index is 13.2. The van der Waals surface area contributed by atoms with Crippen LogP contribution in [0.2, 0.25) is 0 Å². The minimum Gasteiger partial charge on any atom is -0.508 e. The predicted molar refractivity (Wildman–Crippen MR) is 114 cm³/mol. The molecule has 1 unspecified atom stereocenters. The number of carboxylic acid groups (broad SMARTS) is 1. The lowest BCUT2D eigenvalue weighted by Gasteiger charge is -2.38. The zero-order chi connectivity index (χ0) is 24.4. The smallest absolute Gasteiger partial charge is 0.417 e. The van der Waals surface area contributed by atoms with Crippen LogP contribution >= 0.6 is 0 Å². The molecular formula is C21H22F3N3O5S. The highest BCUT2D eigenvalue weighted by Gasteiger charge is 2.34. The van der Waals surface area contributed by atoms with E-state index in [0.717, 1.165) is 24.4 Å². The number of hydrogen-bond acceptors (Lipinski definition) is 7. The van der Waals surface area contributed by atoms with E-state index in [1.165, 1.54) is 18.2 Å². The maximum atomic E-state index is 13.2. The summed E-state index contributed by atoms with van der Waals surface area (Å²) in [7, 11) is -3.99. The summed E-state index contributed by atoms with van der Waals surface area (Å²) in [6.07, 6.45) is -2.98. The van der Waals surface area contributed by atoms with Gasteiger partial charge < -0.3 is 15.1 Å². The van der Waals surface area contributed by atoms with E-state index < -0.39 is 39.3 Å². The van der Waals surface area contributed by atoms with E-state index in [9.17, 15) is 31.5 Å². The zero-order valence-corrected chi connectivity index (χ0v) is 18.2. The molecular weight excluding hydrogens is 463 g/mol. The summed E-state index contributed by atoms with van der Waals surface area (Å²) >= 11 is 0. The molecule has 0 aliphatic carbocycles. The molecule has 33 heavy (non-hydrogen) atoms. The van der Waals surface area contributed by atoms with Gasteiger partial charge in [-0.1, -0.05) is 6.08 Å². The van der Waals surface area contributed by atoms with E-state index in [0.29, 0.717) is 18.9 Å². The van der Waals surface area contributed by atoms with Crippen molar-refractivity contribution in [3.63, 3.8) is 0 Å². The van der Waals surface area contributed by atoms with Crippen LogP contribution in [0.15, 0.2) is 54.1 Å². The number of aromatic hydroxyl groups is 1. The molecule has 2 N–H and O–H groups in total. The molecule has 1 saturated heterocycles. The average Bonchev–Trinajstić information content (AvgIpc) is 2.75. The fraction of sp³-hybridized carbons (Fsp3) is 0.333. The van der Waals surface area contributed by atoms with Gasteiger partial charge in [0.2, 0.25) is 0 Å². The first-order valence-corrected chi connectivity index (χ1v) is 11.4. The SMILES string of the molecule is C=CC(N1CCN(c2ccc(C(F)(F)F)cn2)CC1)S(=O)(=O)c1ccc(O)c(CC(=O)O)c1. The van der Waals surface area contributed by atoms with Crippen LogP contribution in [0.1, 0.15) is 11.1 Å². The summed E-state index contributed by atoms with van der Waals surface area (Å²) < 4.78 is 64.6. The maximum Gasteiger partial charge on any atom is 0.417 e. The normalized spacial score (nSPS) is 16.4. The van der Waals surface area contributed by atoms with Gasteiger partial charge in [0.1, 0.15) is 16.9 Å². The third kappa shape index (κ3) is 5.45. The van der Waals surface area contributed by atoms with Crippen LogP contribution in [-0.4, -0.2) is 66.0 Å². The number of piperazine rings is 1. The summed E-state index contributed by atoms with van der Waals surface area (Å²) in [4.78, 5) is 18.1. The van der Waals surface area contributed by atoms with Crippen LogP contribution in [0.4, 0.5) is 19.0 Å². The first-order chi connectivity index (χ1) is 15.4. The third-order valence-corrected chi connectivity index (χ3v) is 7.35. The van der Waals surface area contributed by atoms with Crippen LogP contribution in [0, 0.1) is 0 Å². The van der Waals surface area contributed by atoms with Crippen LogP contribution < -0.4 is 4.90 Å². The van der Waals surface area contributed by atoms with Crippen molar-refractivity contribution in [3.8, 4) is 5.75 Å². The second kappa shape index (κ2) is 9.40.